The summed E-state index contributed by atoms with van der Waals surface area (Å²) in [4.78, 5) is 5.13. The average Bonchev–Trinajstić information content (AvgIpc) is 3.73. The molecule has 1 aliphatic heterocycles. The Morgan fingerprint density at radius 1 is 0.714 bits per heavy atom. The molecule has 2 aromatic heterocycles. The van der Waals surface area contributed by atoms with Crippen molar-refractivity contribution in [1.82, 2.24) is 10.1 Å². The monoisotopic (exact) mass is 650 g/mol. The van der Waals surface area contributed by atoms with Gasteiger partial charge in [-0.25, -0.2) is 0 Å². The minimum absolute atomic E-state index is 0.323. The van der Waals surface area contributed by atoms with Crippen LogP contribution in [0.1, 0.15) is 36.1 Å². The predicted octanol–water partition coefficient (Wildman–Crippen LogP) is 10.0. The van der Waals surface area contributed by atoms with Gasteiger partial charge in [-0.15, -0.1) is 11.3 Å². The summed E-state index contributed by atoms with van der Waals surface area (Å²) in [5.41, 5.74) is 7.43. The van der Waals surface area contributed by atoms with Crippen LogP contribution >= 0.6 is 11.3 Å². The van der Waals surface area contributed by atoms with E-state index in [0.29, 0.717) is 23.7 Å². The van der Waals surface area contributed by atoms with Gasteiger partial charge in [0, 0.05) is 42.3 Å². The van der Waals surface area contributed by atoms with E-state index in [4.69, 9.17) is 14.8 Å². The Morgan fingerprint density at radius 3 is 2.27 bits per heavy atom. The second kappa shape index (κ2) is 11.3. The first kappa shape index (κ1) is 29.1. The van der Waals surface area contributed by atoms with Crippen molar-refractivity contribution in [2.75, 3.05) is 0 Å². The number of thiophene rings is 1. The largest absolute Gasteiger partial charge is 0.455 e. The van der Waals surface area contributed by atoms with Crippen molar-refractivity contribution >= 4 is 31.5 Å². The molecule has 234 valence electrons. The molecule has 9 rings (SSSR count). The SMILES string of the molecule is CC1(C)c2ccccc2Oc2c(C#N)cc(-c3ccc(-c4nc(-c5ccc6c(c5)sc5ccccc56)[n+](Cc5ccccc5)[n-]4)cc3)cc21. The second-order valence-corrected chi connectivity index (χ2v) is 14.1. The molecule has 0 bridgehead atoms. The molecule has 49 heavy (non-hydrogen) atoms. The van der Waals surface area contributed by atoms with Crippen LogP contribution in [-0.4, -0.2) is 4.98 Å². The van der Waals surface area contributed by atoms with E-state index in [2.05, 4.69) is 123 Å². The number of fused-ring (bicyclic) bond motifs is 5. The van der Waals surface area contributed by atoms with Crippen LogP contribution in [0.3, 0.4) is 0 Å². The first-order valence-corrected chi connectivity index (χ1v) is 17.2. The topological polar surface area (TPSA) is 63.9 Å². The van der Waals surface area contributed by atoms with Gasteiger partial charge in [0.2, 0.25) is 0 Å². The fourth-order valence-electron chi connectivity index (χ4n) is 7.00. The van der Waals surface area contributed by atoms with Gasteiger partial charge in [-0.1, -0.05) is 117 Å². The van der Waals surface area contributed by atoms with Gasteiger partial charge < -0.3 is 9.72 Å². The van der Waals surface area contributed by atoms with Crippen molar-refractivity contribution in [3.05, 3.63) is 156 Å². The fraction of sp³-hybridized carbons (Fsp3) is 0.0930. The first-order chi connectivity index (χ1) is 24.0. The summed E-state index contributed by atoms with van der Waals surface area (Å²) >= 11 is 1.81. The lowest BCUT2D eigenvalue weighted by Crippen LogP contribution is -2.40. The molecule has 1 aliphatic rings. The molecule has 0 fully saturated rings. The van der Waals surface area contributed by atoms with Crippen molar-refractivity contribution in [3.63, 3.8) is 0 Å². The molecule has 6 heteroatoms. The Morgan fingerprint density at radius 2 is 1.43 bits per heavy atom. The summed E-state index contributed by atoms with van der Waals surface area (Å²) in [5.74, 6) is 2.94. The van der Waals surface area contributed by atoms with Crippen LogP contribution in [0.15, 0.2) is 133 Å². The van der Waals surface area contributed by atoms with E-state index in [1.54, 1.807) is 11.3 Å². The van der Waals surface area contributed by atoms with Gasteiger partial charge in [-0.2, -0.15) is 5.26 Å². The zero-order valence-electron chi connectivity index (χ0n) is 27.0. The number of nitriles is 1. The van der Waals surface area contributed by atoms with Gasteiger partial charge in [0.05, 0.1) is 5.56 Å². The highest BCUT2D eigenvalue weighted by Crippen LogP contribution is 2.50. The summed E-state index contributed by atoms with van der Waals surface area (Å²) in [5, 5.41) is 17.7. The van der Waals surface area contributed by atoms with Crippen LogP contribution in [0.4, 0.5) is 0 Å². The van der Waals surface area contributed by atoms with E-state index in [-0.39, 0.29) is 5.41 Å². The maximum Gasteiger partial charge on any atom is 0.149 e. The number of hydrogen-bond donors (Lipinski definition) is 0. The molecule has 3 heterocycles. The third-order valence-electron chi connectivity index (χ3n) is 9.62. The quantitative estimate of drug-likeness (QED) is 0.174. The average molecular weight is 651 g/mol. The molecule has 0 spiro atoms. The van der Waals surface area contributed by atoms with Gasteiger partial charge in [-0.3, -0.25) is 9.78 Å². The molecule has 0 aliphatic carbocycles. The van der Waals surface area contributed by atoms with Crippen LogP contribution in [0.2, 0.25) is 0 Å². The molecular weight excluding hydrogens is 621 g/mol. The number of ether oxygens (including phenoxy) is 1. The van der Waals surface area contributed by atoms with E-state index in [9.17, 15) is 5.26 Å². The van der Waals surface area contributed by atoms with Gasteiger partial charge in [0.25, 0.3) is 0 Å². The molecule has 6 aromatic carbocycles. The summed E-state index contributed by atoms with van der Waals surface area (Å²) in [6.07, 6.45) is 0. The molecule has 8 aromatic rings. The van der Waals surface area contributed by atoms with Crippen LogP contribution in [-0.2, 0) is 12.0 Å². The number of benzene rings is 6. The highest BCUT2D eigenvalue weighted by atomic mass is 32.1. The lowest BCUT2D eigenvalue weighted by molar-refractivity contribution is -0.737. The van der Waals surface area contributed by atoms with Crippen molar-refractivity contribution in [1.29, 1.82) is 5.26 Å². The summed E-state index contributed by atoms with van der Waals surface area (Å²) in [6, 6.07) is 48.4. The number of para-hydroxylation sites is 1. The molecule has 0 atom stereocenters. The van der Waals surface area contributed by atoms with Crippen LogP contribution < -0.4 is 14.5 Å². The van der Waals surface area contributed by atoms with Crippen LogP contribution in [0.25, 0.3) is 54.1 Å². The molecule has 0 saturated heterocycles. The minimum atomic E-state index is -0.323. The third kappa shape index (κ3) is 4.90. The smallest absolute Gasteiger partial charge is 0.149 e. The normalized spacial score (nSPS) is 13.1. The molecule has 5 nitrogen and oxygen atoms in total. The van der Waals surface area contributed by atoms with E-state index in [1.807, 2.05) is 35.0 Å². The Labute approximate surface area is 288 Å². The van der Waals surface area contributed by atoms with Crippen molar-refractivity contribution in [3.8, 4) is 51.5 Å². The maximum atomic E-state index is 10.2. The molecule has 0 N–H and O–H groups in total. The number of hydrogen-bond acceptors (Lipinski definition) is 4. The molecule has 0 unspecified atom stereocenters. The van der Waals surface area contributed by atoms with E-state index < -0.39 is 0 Å². The van der Waals surface area contributed by atoms with Gasteiger partial charge >= 0.3 is 0 Å². The standard InChI is InChI=1S/C43H30N4OS/c1-43(2)35-13-7-8-14-37(35)48-40-32(25-44)22-31(23-36(40)43)28-16-18-29(19-17-28)41-45-42(47(46-41)26-27-10-4-3-5-11-27)30-20-21-34-33-12-6-9-15-38(33)49-39(34)24-30/h3-24H,26H2,1-2H3. The van der Waals surface area contributed by atoms with E-state index in [1.165, 1.54) is 20.2 Å². The fourth-order valence-corrected chi connectivity index (χ4v) is 8.15. The highest BCUT2D eigenvalue weighted by Gasteiger charge is 2.36. The van der Waals surface area contributed by atoms with Crippen LogP contribution in [0, 0.1) is 11.3 Å². The first-order valence-electron chi connectivity index (χ1n) is 16.3. The summed E-state index contributed by atoms with van der Waals surface area (Å²) < 4.78 is 10.8. The summed E-state index contributed by atoms with van der Waals surface area (Å²) in [6.45, 7) is 4.99. The van der Waals surface area contributed by atoms with Crippen molar-refractivity contribution in [2.24, 2.45) is 0 Å². The Balaban J connectivity index is 1.10. The lowest BCUT2D eigenvalue weighted by Gasteiger charge is -2.35. The van der Waals surface area contributed by atoms with Gasteiger partial charge in [-0.05, 0) is 58.4 Å². The lowest BCUT2D eigenvalue weighted by atomic mass is 9.74. The zero-order valence-corrected chi connectivity index (χ0v) is 27.8. The van der Waals surface area contributed by atoms with Gasteiger partial charge in [0.1, 0.15) is 29.9 Å². The molecule has 0 saturated carbocycles. The van der Waals surface area contributed by atoms with Crippen LogP contribution in [0.5, 0.6) is 11.5 Å². The number of aromatic nitrogens is 3. The van der Waals surface area contributed by atoms with Crippen molar-refractivity contribution < 1.29 is 9.42 Å². The maximum absolute atomic E-state index is 10.2. The highest BCUT2D eigenvalue weighted by molar-refractivity contribution is 7.25. The zero-order chi connectivity index (χ0) is 33.1. The third-order valence-corrected chi connectivity index (χ3v) is 10.7. The molecule has 0 radical (unpaired) electrons. The molecular formula is C43H30N4OS. The van der Waals surface area contributed by atoms with E-state index in [0.717, 1.165) is 50.5 Å². The van der Waals surface area contributed by atoms with Gasteiger partial charge in [0.15, 0.2) is 0 Å². The minimum Gasteiger partial charge on any atom is -0.455 e. The Bertz CT molecular complexity index is 2590. The Kier molecular flexibility index (Phi) is 6.72. The summed E-state index contributed by atoms with van der Waals surface area (Å²) in [7, 11) is 0. The number of rotatable bonds is 5. The van der Waals surface area contributed by atoms with E-state index >= 15 is 0 Å². The molecule has 0 amide bonds. The number of nitrogens with zero attached hydrogens (tertiary/aromatic N) is 4. The predicted molar refractivity (Wildman–Crippen MR) is 196 cm³/mol. The second-order valence-electron chi connectivity index (χ2n) is 13.0. The Hall–Kier alpha value is -6.03. The van der Waals surface area contributed by atoms with Crippen molar-refractivity contribution in [2.45, 2.75) is 25.8 Å².